The smallest absolute Gasteiger partial charge is 0.251 e. The number of carbonyl (C=O) groups is 1. The minimum absolute atomic E-state index is 0.0885. The molecule has 0 aliphatic carbocycles. The highest BCUT2D eigenvalue weighted by Gasteiger charge is 2.14. The van der Waals surface area contributed by atoms with E-state index in [2.05, 4.69) is 21.2 Å². The zero-order valence-corrected chi connectivity index (χ0v) is 13.0. The minimum Gasteiger partial charge on any atom is -0.383 e. The highest BCUT2D eigenvalue weighted by atomic mass is 79.9. The van der Waals surface area contributed by atoms with Crippen molar-refractivity contribution in [2.45, 2.75) is 12.5 Å². The molecule has 1 N–H and O–H groups in total. The second kappa shape index (κ2) is 8.00. The molecule has 0 aliphatic heterocycles. The molecule has 100 valence electrons. The van der Waals surface area contributed by atoms with E-state index in [0.29, 0.717) is 34.0 Å². The number of methoxy groups -OCH3 is 1. The molecule has 0 saturated carbocycles. The average Bonchev–Trinajstić information content (AvgIpc) is 2.33. The van der Waals surface area contributed by atoms with Gasteiger partial charge in [-0.25, -0.2) is 0 Å². The molecule has 18 heavy (non-hydrogen) atoms. The third-order valence-electron chi connectivity index (χ3n) is 2.34. The maximum Gasteiger partial charge on any atom is 0.251 e. The number of nitrogens with one attached hydrogen (secondary N) is 1. The molecule has 1 atom stereocenters. The molecule has 1 unspecified atom stereocenters. The lowest BCUT2D eigenvalue weighted by Crippen LogP contribution is -2.38. The van der Waals surface area contributed by atoms with Crippen molar-refractivity contribution < 1.29 is 9.53 Å². The molecule has 1 aromatic rings. The second-order valence-corrected chi connectivity index (χ2v) is 5.37. The first-order chi connectivity index (χ1) is 8.58. The SMILES string of the molecule is COCC(CCCl)NC(=O)c1ccc(Cl)c(Br)c1. The number of rotatable bonds is 6. The molecule has 0 bridgehead atoms. The fraction of sp³-hybridized carbons (Fsp3) is 0.417. The quantitative estimate of drug-likeness (QED) is 0.794. The van der Waals surface area contributed by atoms with Crippen molar-refractivity contribution in [3.63, 3.8) is 0 Å². The van der Waals surface area contributed by atoms with Crippen molar-refractivity contribution >= 4 is 45.0 Å². The van der Waals surface area contributed by atoms with Crippen molar-refractivity contribution in [3.8, 4) is 0 Å². The summed E-state index contributed by atoms with van der Waals surface area (Å²) in [5.41, 5.74) is 0.543. The monoisotopic (exact) mass is 353 g/mol. The van der Waals surface area contributed by atoms with Crippen molar-refractivity contribution in [2.75, 3.05) is 19.6 Å². The third-order valence-corrected chi connectivity index (χ3v) is 3.77. The van der Waals surface area contributed by atoms with Crippen LogP contribution in [0, 0.1) is 0 Å². The molecule has 0 fully saturated rings. The fourth-order valence-electron chi connectivity index (χ4n) is 1.44. The molecule has 1 amide bonds. The molecular formula is C12H14BrCl2NO2. The van der Waals surface area contributed by atoms with Crippen LogP contribution in [0.3, 0.4) is 0 Å². The van der Waals surface area contributed by atoms with Crippen molar-refractivity contribution in [1.82, 2.24) is 5.32 Å². The zero-order chi connectivity index (χ0) is 13.5. The molecule has 6 heteroatoms. The molecule has 1 rings (SSSR count). The van der Waals surface area contributed by atoms with Gasteiger partial charge >= 0.3 is 0 Å². The summed E-state index contributed by atoms with van der Waals surface area (Å²) >= 11 is 14.8. The van der Waals surface area contributed by atoms with Gasteiger partial charge in [0.05, 0.1) is 17.7 Å². The zero-order valence-electron chi connectivity index (χ0n) is 9.88. The van der Waals surface area contributed by atoms with Crippen LogP contribution >= 0.6 is 39.1 Å². The molecule has 0 radical (unpaired) electrons. The molecule has 0 spiro atoms. The lowest BCUT2D eigenvalue weighted by Gasteiger charge is -2.16. The van der Waals surface area contributed by atoms with Gasteiger partial charge in [0.1, 0.15) is 0 Å². The minimum atomic E-state index is -0.167. The summed E-state index contributed by atoms with van der Waals surface area (Å²) in [4.78, 5) is 12.0. The summed E-state index contributed by atoms with van der Waals surface area (Å²) in [7, 11) is 1.59. The Morgan fingerprint density at radius 1 is 1.56 bits per heavy atom. The second-order valence-electron chi connectivity index (χ2n) is 3.73. The maximum atomic E-state index is 12.0. The van der Waals surface area contributed by atoms with Crippen molar-refractivity contribution in [3.05, 3.63) is 33.3 Å². The van der Waals surface area contributed by atoms with Crippen molar-refractivity contribution in [1.29, 1.82) is 0 Å². The van der Waals surface area contributed by atoms with Crippen LogP contribution in [0.2, 0.25) is 5.02 Å². The number of halogens is 3. The van der Waals surface area contributed by atoms with E-state index in [1.807, 2.05) is 0 Å². The van der Waals surface area contributed by atoms with E-state index in [1.54, 1.807) is 25.3 Å². The average molecular weight is 355 g/mol. The molecule has 0 heterocycles. The number of benzene rings is 1. The number of hydrogen-bond donors (Lipinski definition) is 1. The van der Waals surface area contributed by atoms with E-state index in [4.69, 9.17) is 27.9 Å². The van der Waals surface area contributed by atoms with Gasteiger partial charge in [-0.05, 0) is 40.5 Å². The Morgan fingerprint density at radius 2 is 2.28 bits per heavy atom. The molecular weight excluding hydrogens is 341 g/mol. The van der Waals surface area contributed by atoms with Crippen LogP contribution in [0.1, 0.15) is 16.8 Å². The van der Waals surface area contributed by atoms with Gasteiger partial charge in [0.2, 0.25) is 0 Å². The fourth-order valence-corrected chi connectivity index (χ4v) is 2.20. The van der Waals surface area contributed by atoms with Gasteiger partial charge < -0.3 is 10.1 Å². The summed E-state index contributed by atoms with van der Waals surface area (Å²) in [6, 6.07) is 4.94. The summed E-state index contributed by atoms with van der Waals surface area (Å²) in [6.07, 6.45) is 0.663. The van der Waals surface area contributed by atoms with Gasteiger partial charge in [-0.3, -0.25) is 4.79 Å². The first kappa shape index (κ1) is 15.8. The Bertz CT molecular complexity index is 409. The predicted molar refractivity (Wildman–Crippen MR) is 77.6 cm³/mol. The highest BCUT2D eigenvalue weighted by Crippen LogP contribution is 2.23. The Labute approximate surface area is 125 Å². The highest BCUT2D eigenvalue weighted by molar-refractivity contribution is 9.10. The summed E-state index contributed by atoms with van der Waals surface area (Å²) in [5.74, 6) is 0.304. The van der Waals surface area contributed by atoms with E-state index in [9.17, 15) is 4.79 Å². The van der Waals surface area contributed by atoms with Crippen LogP contribution in [0.4, 0.5) is 0 Å². The third kappa shape index (κ3) is 4.76. The summed E-state index contributed by atoms with van der Waals surface area (Å²) < 4.78 is 5.72. The van der Waals surface area contributed by atoms with Gasteiger partial charge in [0, 0.05) is 23.0 Å². The van der Waals surface area contributed by atoms with Gasteiger partial charge in [-0.1, -0.05) is 11.6 Å². The van der Waals surface area contributed by atoms with Gasteiger partial charge in [-0.2, -0.15) is 0 Å². The van der Waals surface area contributed by atoms with E-state index in [1.165, 1.54) is 0 Å². The number of ether oxygens (including phenoxy) is 1. The topological polar surface area (TPSA) is 38.3 Å². The van der Waals surface area contributed by atoms with Crippen LogP contribution in [0.25, 0.3) is 0 Å². The summed E-state index contributed by atoms with van der Waals surface area (Å²) in [6.45, 7) is 0.438. The number of carbonyl (C=O) groups excluding carboxylic acids is 1. The van der Waals surface area contributed by atoms with Crippen molar-refractivity contribution in [2.24, 2.45) is 0 Å². The molecule has 3 nitrogen and oxygen atoms in total. The van der Waals surface area contributed by atoms with E-state index >= 15 is 0 Å². The van der Waals surface area contributed by atoms with E-state index in [0.717, 1.165) is 0 Å². The van der Waals surface area contributed by atoms with Gasteiger partial charge in [0.15, 0.2) is 0 Å². The first-order valence-corrected chi connectivity index (χ1v) is 7.09. The summed E-state index contributed by atoms with van der Waals surface area (Å²) in [5, 5.41) is 3.44. The number of hydrogen-bond acceptors (Lipinski definition) is 2. The van der Waals surface area contributed by atoms with Crippen LogP contribution in [-0.4, -0.2) is 31.5 Å². The predicted octanol–water partition coefficient (Wildman–Crippen LogP) is 3.48. The van der Waals surface area contributed by atoms with Crippen LogP contribution < -0.4 is 5.32 Å². The Kier molecular flexibility index (Phi) is 7.00. The molecule has 1 aromatic carbocycles. The molecule has 0 aromatic heterocycles. The van der Waals surface area contributed by atoms with E-state index in [-0.39, 0.29) is 11.9 Å². The number of alkyl halides is 1. The lowest BCUT2D eigenvalue weighted by molar-refractivity contribution is 0.0895. The lowest BCUT2D eigenvalue weighted by atomic mass is 10.2. The Morgan fingerprint density at radius 3 is 2.83 bits per heavy atom. The van der Waals surface area contributed by atoms with Crippen LogP contribution in [0.15, 0.2) is 22.7 Å². The van der Waals surface area contributed by atoms with Gasteiger partial charge in [0.25, 0.3) is 5.91 Å². The Balaban J connectivity index is 2.70. The van der Waals surface area contributed by atoms with E-state index < -0.39 is 0 Å². The van der Waals surface area contributed by atoms with Gasteiger partial charge in [-0.15, -0.1) is 11.6 Å². The largest absolute Gasteiger partial charge is 0.383 e. The molecule has 0 saturated heterocycles. The normalized spacial score (nSPS) is 12.2. The maximum absolute atomic E-state index is 12.0. The molecule has 0 aliphatic rings. The van der Waals surface area contributed by atoms with Crippen LogP contribution in [-0.2, 0) is 4.74 Å². The standard InChI is InChI=1S/C12H14BrCl2NO2/c1-18-7-9(4-5-14)16-12(17)8-2-3-11(15)10(13)6-8/h2-3,6,9H,4-5,7H2,1H3,(H,16,17). The Hall–Kier alpha value is -0.290. The number of amides is 1. The first-order valence-electron chi connectivity index (χ1n) is 5.39. The van der Waals surface area contributed by atoms with Crippen LogP contribution in [0.5, 0.6) is 0 Å².